The third kappa shape index (κ3) is 6.44. The predicted molar refractivity (Wildman–Crippen MR) is 111 cm³/mol. The minimum Gasteiger partial charge on any atom is -0.391 e. The van der Waals surface area contributed by atoms with Crippen LogP contribution in [0.3, 0.4) is 0 Å². The lowest BCUT2D eigenvalue weighted by Gasteiger charge is -2.19. The van der Waals surface area contributed by atoms with E-state index in [0.29, 0.717) is 17.7 Å². The third-order valence-corrected chi connectivity index (χ3v) is 4.13. The number of hydroxylamine groups is 1. The fraction of sp³-hybridized carbons (Fsp3) is 0.227. The first-order chi connectivity index (χ1) is 14.3. The fourth-order valence-corrected chi connectivity index (χ4v) is 2.47. The van der Waals surface area contributed by atoms with Gasteiger partial charge in [0.15, 0.2) is 0 Å². The van der Waals surface area contributed by atoms with E-state index in [0.717, 1.165) is 5.56 Å². The van der Waals surface area contributed by atoms with Crippen molar-refractivity contribution in [1.82, 2.24) is 10.8 Å². The van der Waals surface area contributed by atoms with Gasteiger partial charge in [-0.15, -0.1) is 0 Å². The molecule has 0 aromatic heterocycles. The van der Waals surface area contributed by atoms with Crippen molar-refractivity contribution in [2.24, 2.45) is 0 Å². The Morgan fingerprint density at radius 1 is 1.03 bits per heavy atom. The van der Waals surface area contributed by atoms with E-state index < -0.39 is 24.0 Å². The van der Waals surface area contributed by atoms with Gasteiger partial charge in [0.2, 0.25) is 5.91 Å². The van der Waals surface area contributed by atoms with Gasteiger partial charge in [0.1, 0.15) is 6.04 Å². The van der Waals surface area contributed by atoms with Crippen molar-refractivity contribution >= 4 is 23.4 Å². The largest absolute Gasteiger partial charge is 0.391 e. The average molecular weight is 409 g/mol. The van der Waals surface area contributed by atoms with Gasteiger partial charge in [-0.3, -0.25) is 19.6 Å². The van der Waals surface area contributed by atoms with Crippen LogP contribution in [0.1, 0.15) is 41.8 Å². The first-order valence-corrected chi connectivity index (χ1v) is 9.29. The maximum Gasteiger partial charge on any atom is 0.268 e. The number of benzene rings is 2. The number of amides is 3. The fourth-order valence-electron chi connectivity index (χ4n) is 2.47. The topological polar surface area (TPSA) is 128 Å². The van der Waals surface area contributed by atoms with Crippen LogP contribution < -0.4 is 16.1 Å². The Balaban J connectivity index is 2.08. The molecule has 0 aliphatic rings. The second-order valence-corrected chi connectivity index (χ2v) is 6.48. The molecule has 2 aromatic carbocycles. The molecule has 2 aromatic rings. The van der Waals surface area contributed by atoms with Crippen LogP contribution in [0, 0.1) is 11.8 Å². The number of aliphatic hydroxyl groups is 1. The van der Waals surface area contributed by atoms with Crippen molar-refractivity contribution in [3.8, 4) is 11.8 Å². The van der Waals surface area contributed by atoms with Crippen molar-refractivity contribution < 1.29 is 24.7 Å². The highest BCUT2D eigenvalue weighted by molar-refractivity contribution is 5.97. The summed E-state index contributed by atoms with van der Waals surface area (Å²) in [6, 6.07) is 12.2. The second-order valence-electron chi connectivity index (χ2n) is 6.48. The minimum atomic E-state index is -1.29. The molecular formula is C22H23N3O5. The van der Waals surface area contributed by atoms with Gasteiger partial charge >= 0.3 is 0 Å². The quantitative estimate of drug-likeness (QED) is 0.280. The van der Waals surface area contributed by atoms with E-state index in [1.807, 2.05) is 6.07 Å². The van der Waals surface area contributed by atoms with Gasteiger partial charge in [0.05, 0.1) is 6.10 Å². The lowest BCUT2D eigenvalue weighted by molar-refractivity contribution is -0.133. The predicted octanol–water partition coefficient (Wildman–Crippen LogP) is 1.42. The number of nitrogens with one attached hydrogen (secondary N) is 3. The van der Waals surface area contributed by atoms with E-state index in [9.17, 15) is 19.5 Å². The maximum absolute atomic E-state index is 12.3. The van der Waals surface area contributed by atoms with E-state index in [1.54, 1.807) is 37.3 Å². The van der Waals surface area contributed by atoms with Gasteiger partial charge in [-0.05, 0) is 49.4 Å². The number of hydrogen-bond donors (Lipinski definition) is 5. The highest BCUT2D eigenvalue weighted by atomic mass is 16.5. The molecule has 8 nitrogen and oxygen atoms in total. The average Bonchev–Trinajstić information content (AvgIpc) is 2.75. The zero-order valence-electron chi connectivity index (χ0n) is 16.6. The van der Waals surface area contributed by atoms with Crippen LogP contribution in [0.15, 0.2) is 48.5 Å². The van der Waals surface area contributed by atoms with Gasteiger partial charge in [0.25, 0.3) is 11.8 Å². The van der Waals surface area contributed by atoms with E-state index >= 15 is 0 Å². The molecule has 0 fully saturated rings. The van der Waals surface area contributed by atoms with Crippen LogP contribution in [0.4, 0.5) is 5.69 Å². The van der Waals surface area contributed by atoms with Crippen molar-refractivity contribution in [2.45, 2.75) is 32.4 Å². The van der Waals surface area contributed by atoms with Gasteiger partial charge in [-0.1, -0.05) is 24.8 Å². The van der Waals surface area contributed by atoms with Crippen molar-refractivity contribution in [3.05, 3.63) is 65.2 Å². The first kappa shape index (κ1) is 22.6. The Bertz CT molecular complexity index is 974. The number of anilines is 1. The molecule has 0 spiro atoms. The van der Waals surface area contributed by atoms with Gasteiger partial charge < -0.3 is 15.7 Å². The zero-order valence-corrected chi connectivity index (χ0v) is 16.6. The molecule has 0 saturated heterocycles. The first-order valence-electron chi connectivity index (χ1n) is 9.29. The summed E-state index contributed by atoms with van der Waals surface area (Å²) in [6.07, 6.45) is -0.803. The molecule has 2 rings (SSSR count). The van der Waals surface area contributed by atoms with Crippen LogP contribution in [0.5, 0.6) is 0 Å². The van der Waals surface area contributed by atoms with E-state index in [4.69, 9.17) is 5.21 Å². The molecule has 0 unspecified atom stereocenters. The second kappa shape index (κ2) is 10.8. The number of carbonyl (C=O) groups excluding carboxylic acids is 3. The standard InChI is InChI=1S/C22H23N3O5/c1-3-19(27)23-18-6-4-5-16(13-18)8-7-15-9-11-17(12-10-15)21(28)24-20(14(2)26)22(29)25-30/h4-6,9-14,20,26,30H,3H2,1-2H3,(H,23,27)(H,24,28)(H,25,29)/t14-,20+/m1/s1. The van der Waals surface area contributed by atoms with E-state index in [1.165, 1.54) is 24.5 Å². The number of aliphatic hydroxyl groups excluding tert-OH is 1. The molecule has 2 atom stereocenters. The molecule has 0 aliphatic heterocycles. The summed E-state index contributed by atoms with van der Waals surface area (Å²) in [5, 5.41) is 23.4. The van der Waals surface area contributed by atoms with Crippen LogP contribution in [0.25, 0.3) is 0 Å². The Morgan fingerprint density at radius 3 is 2.30 bits per heavy atom. The maximum atomic E-state index is 12.3. The van der Waals surface area contributed by atoms with Crippen LogP contribution in [-0.4, -0.2) is 40.2 Å². The van der Waals surface area contributed by atoms with E-state index in [-0.39, 0.29) is 11.5 Å². The van der Waals surface area contributed by atoms with Crippen LogP contribution >= 0.6 is 0 Å². The zero-order chi connectivity index (χ0) is 22.1. The summed E-state index contributed by atoms with van der Waals surface area (Å²) in [7, 11) is 0. The molecule has 156 valence electrons. The summed E-state index contributed by atoms with van der Waals surface area (Å²) in [6.45, 7) is 3.09. The highest BCUT2D eigenvalue weighted by Crippen LogP contribution is 2.11. The molecule has 5 N–H and O–H groups in total. The Hall–Kier alpha value is -3.67. The Kier molecular flexibility index (Phi) is 8.11. The number of hydrogen-bond acceptors (Lipinski definition) is 5. The minimum absolute atomic E-state index is 0.0803. The lowest BCUT2D eigenvalue weighted by Crippen LogP contribution is -2.51. The van der Waals surface area contributed by atoms with E-state index in [2.05, 4.69) is 22.5 Å². The Labute approximate surface area is 174 Å². The number of rotatable bonds is 6. The Morgan fingerprint density at radius 2 is 1.70 bits per heavy atom. The molecule has 0 radical (unpaired) electrons. The summed E-state index contributed by atoms with van der Waals surface area (Å²) in [4.78, 5) is 35.3. The monoisotopic (exact) mass is 409 g/mol. The molecule has 8 heteroatoms. The summed E-state index contributed by atoms with van der Waals surface area (Å²) >= 11 is 0. The number of carbonyl (C=O) groups is 3. The molecule has 0 bridgehead atoms. The van der Waals surface area contributed by atoms with Crippen molar-refractivity contribution in [2.75, 3.05) is 5.32 Å². The van der Waals surface area contributed by atoms with Gasteiger partial charge in [-0.25, -0.2) is 5.48 Å². The molecule has 0 aliphatic carbocycles. The van der Waals surface area contributed by atoms with Gasteiger partial charge in [0, 0.05) is 28.8 Å². The molecular weight excluding hydrogens is 386 g/mol. The van der Waals surface area contributed by atoms with Gasteiger partial charge in [-0.2, -0.15) is 0 Å². The van der Waals surface area contributed by atoms with Crippen molar-refractivity contribution in [1.29, 1.82) is 0 Å². The molecule has 30 heavy (non-hydrogen) atoms. The lowest BCUT2D eigenvalue weighted by atomic mass is 10.1. The third-order valence-electron chi connectivity index (χ3n) is 4.13. The van der Waals surface area contributed by atoms with Crippen molar-refractivity contribution in [3.63, 3.8) is 0 Å². The normalized spacial score (nSPS) is 12.0. The summed E-state index contributed by atoms with van der Waals surface area (Å²) in [5.41, 5.74) is 3.72. The highest BCUT2D eigenvalue weighted by Gasteiger charge is 2.25. The summed E-state index contributed by atoms with van der Waals surface area (Å²) < 4.78 is 0. The summed E-state index contributed by atoms with van der Waals surface area (Å²) in [5.74, 6) is 4.39. The SMILES string of the molecule is CCC(=O)Nc1cccc(C#Cc2ccc(C(=O)N[C@H](C(=O)NO)[C@@H](C)O)cc2)c1. The smallest absolute Gasteiger partial charge is 0.268 e. The van der Waals surface area contributed by atoms with Crippen LogP contribution in [0.2, 0.25) is 0 Å². The molecule has 0 saturated carbocycles. The van der Waals surface area contributed by atoms with Crippen LogP contribution in [-0.2, 0) is 9.59 Å². The molecule has 3 amide bonds. The molecule has 0 heterocycles.